The number of carbonyl (C=O) groups is 1. The van der Waals surface area contributed by atoms with Crippen LogP contribution in [0, 0.1) is 0 Å². The molecule has 3 heteroatoms. The first-order chi connectivity index (χ1) is 9.74. The fourth-order valence-corrected chi connectivity index (χ4v) is 2.10. The molecule has 0 saturated carbocycles. The third kappa shape index (κ3) is 3.38. The highest BCUT2D eigenvalue weighted by Crippen LogP contribution is 2.22. The van der Waals surface area contributed by atoms with E-state index in [2.05, 4.69) is 12.1 Å². The van der Waals surface area contributed by atoms with Crippen LogP contribution in [0.1, 0.15) is 21.5 Å². The van der Waals surface area contributed by atoms with Crippen LogP contribution in [0.5, 0.6) is 5.75 Å². The summed E-state index contributed by atoms with van der Waals surface area (Å²) in [6, 6.07) is 15.9. The van der Waals surface area contributed by atoms with Gasteiger partial charge in [0.2, 0.25) is 0 Å². The lowest BCUT2D eigenvalue weighted by Gasteiger charge is -2.09. The van der Waals surface area contributed by atoms with Gasteiger partial charge in [0.25, 0.3) is 0 Å². The number of benzene rings is 2. The van der Waals surface area contributed by atoms with Crippen molar-refractivity contribution in [1.82, 2.24) is 0 Å². The fourth-order valence-electron chi connectivity index (χ4n) is 2.10. The molecule has 2 aromatic rings. The van der Waals surface area contributed by atoms with Crippen LogP contribution in [0.25, 0.3) is 0 Å². The molecule has 0 fully saturated rings. The molecule has 0 spiro atoms. The van der Waals surface area contributed by atoms with Crippen LogP contribution in [-0.4, -0.2) is 20.2 Å². The first-order valence-corrected chi connectivity index (χ1v) is 6.53. The lowest BCUT2D eigenvalue weighted by Crippen LogP contribution is -2.04. The van der Waals surface area contributed by atoms with E-state index in [1.54, 1.807) is 13.2 Å². The maximum absolute atomic E-state index is 11.6. The predicted molar refractivity (Wildman–Crippen MR) is 78.2 cm³/mol. The summed E-state index contributed by atoms with van der Waals surface area (Å²) in [6.45, 7) is 0. The van der Waals surface area contributed by atoms with Crippen LogP contribution >= 0.6 is 0 Å². The molecule has 0 saturated heterocycles. The van der Waals surface area contributed by atoms with Crippen LogP contribution in [0.15, 0.2) is 48.5 Å². The molecule has 0 radical (unpaired) electrons. The lowest BCUT2D eigenvalue weighted by atomic mass is 10.0. The van der Waals surface area contributed by atoms with Crippen LogP contribution in [0.2, 0.25) is 0 Å². The zero-order valence-corrected chi connectivity index (χ0v) is 11.8. The second kappa shape index (κ2) is 6.75. The highest BCUT2D eigenvalue weighted by atomic mass is 16.5. The van der Waals surface area contributed by atoms with E-state index in [1.165, 1.54) is 12.7 Å². The SMILES string of the molecule is COC(=O)c1ccc(CCc2ccccc2)cc1OC. The Morgan fingerprint density at radius 2 is 1.65 bits per heavy atom. The van der Waals surface area contributed by atoms with Crippen molar-refractivity contribution < 1.29 is 14.3 Å². The van der Waals surface area contributed by atoms with Crippen molar-refractivity contribution >= 4 is 5.97 Å². The van der Waals surface area contributed by atoms with Crippen molar-refractivity contribution in [3.05, 3.63) is 65.2 Å². The molecule has 0 aliphatic rings. The second-order valence-corrected chi connectivity index (χ2v) is 4.51. The summed E-state index contributed by atoms with van der Waals surface area (Å²) in [5.74, 6) is 0.180. The van der Waals surface area contributed by atoms with Gasteiger partial charge in [-0.15, -0.1) is 0 Å². The highest BCUT2D eigenvalue weighted by Gasteiger charge is 2.12. The molecule has 104 valence electrons. The molecule has 0 atom stereocenters. The van der Waals surface area contributed by atoms with Gasteiger partial charge in [0.1, 0.15) is 11.3 Å². The van der Waals surface area contributed by atoms with Gasteiger partial charge in [0.05, 0.1) is 14.2 Å². The van der Waals surface area contributed by atoms with E-state index >= 15 is 0 Å². The summed E-state index contributed by atoms with van der Waals surface area (Å²) in [6.07, 6.45) is 1.86. The summed E-state index contributed by atoms with van der Waals surface area (Å²) >= 11 is 0. The zero-order chi connectivity index (χ0) is 14.4. The lowest BCUT2D eigenvalue weighted by molar-refractivity contribution is 0.0597. The molecule has 0 heterocycles. The van der Waals surface area contributed by atoms with E-state index in [4.69, 9.17) is 9.47 Å². The summed E-state index contributed by atoms with van der Waals surface area (Å²) in [4.78, 5) is 11.6. The van der Waals surface area contributed by atoms with Crippen molar-refractivity contribution in [1.29, 1.82) is 0 Å². The smallest absolute Gasteiger partial charge is 0.341 e. The number of ether oxygens (including phenoxy) is 2. The Kier molecular flexibility index (Phi) is 4.77. The van der Waals surface area contributed by atoms with Crippen LogP contribution < -0.4 is 4.74 Å². The standard InChI is InChI=1S/C17H18O3/c1-19-16-12-14(10-11-15(16)17(18)20-2)9-8-13-6-4-3-5-7-13/h3-7,10-12H,8-9H2,1-2H3. The Bertz CT molecular complexity index is 576. The first kappa shape index (κ1) is 14.1. The maximum atomic E-state index is 11.6. The second-order valence-electron chi connectivity index (χ2n) is 4.51. The van der Waals surface area contributed by atoms with Crippen molar-refractivity contribution in [3.8, 4) is 5.75 Å². The summed E-state index contributed by atoms with van der Waals surface area (Å²) in [5, 5.41) is 0. The van der Waals surface area contributed by atoms with Gasteiger partial charge in [-0.2, -0.15) is 0 Å². The minimum Gasteiger partial charge on any atom is -0.496 e. The first-order valence-electron chi connectivity index (χ1n) is 6.53. The van der Waals surface area contributed by atoms with E-state index < -0.39 is 0 Å². The zero-order valence-electron chi connectivity index (χ0n) is 11.8. The molecule has 2 aromatic carbocycles. The minimum atomic E-state index is -0.378. The number of carbonyl (C=O) groups excluding carboxylic acids is 1. The molecule has 0 aliphatic carbocycles. The number of rotatable bonds is 5. The van der Waals surface area contributed by atoms with Gasteiger partial charge in [-0.05, 0) is 36.1 Å². The summed E-state index contributed by atoms with van der Waals surface area (Å²) in [7, 11) is 2.92. The van der Waals surface area contributed by atoms with Crippen molar-refractivity contribution in [2.45, 2.75) is 12.8 Å². The molecule has 0 N–H and O–H groups in total. The molecule has 0 aliphatic heterocycles. The van der Waals surface area contributed by atoms with Crippen molar-refractivity contribution in [2.24, 2.45) is 0 Å². The van der Waals surface area contributed by atoms with Crippen molar-refractivity contribution in [3.63, 3.8) is 0 Å². The average Bonchev–Trinajstić information content (AvgIpc) is 2.52. The fraction of sp³-hybridized carbons (Fsp3) is 0.235. The summed E-state index contributed by atoms with van der Waals surface area (Å²) < 4.78 is 9.99. The van der Waals surface area contributed by atoms with E-state index in [0.717, 1.165) is 18.4 Å². The van der Waals surface area contributed by atoms with Crippen molar-refractivity contribution in [2.75, 3.05) is 14.2 Å². The Morgan fingerprint density at radius 3 is 2.30 bits per heavy atom. The summed E-state index contributed by atoms with van der Waals surface area (Å²) in [5.41, 5.74) is 2.89. The van der Waals surface area contributed by atoms with Gasteiger partial charge in [-0.25, -0.2) is 4.79 Å². The number of aryl methyl sites for hydroxylation is 2. The molecule has 0 aromatic heterocycles. The number of hydrogen-bond acceptors (Lipinski definition) is 3. The van der Waals surface area contributed by atoms with Crippen LogP contribution in [0.3, 0.4) is 0 Å². The third-order valence-electron chi connectivity index (χ3n) is 3.22. The molecule has 0 bridgehead atoms. The minimum absolute atomic E-state index is 0.378. The Balaban J connectivity index is 2.12. The highest BCUT2D eigenvalue weighted by molar-refractivity contribution is 5.92. The Hall–Kier alpha value is -2.29. The largest absolute Gasteiger partial charge is 0.496 e. The van der Waals surface area contributed by atoms with E-state index in [9.17, 15) is 4.79 Å². The Labute approximate surface area is 119 Å². The molecule has 2 rings (SSSR count). The predicted octanol–water partition coefficient (Wildman–Crippen LogP) is 3.27. The molecule has 20 heavy (non-hydrogen) atoms. The van der Waals surface area contributed by atoms with Gasteiger partial charge >= 0.3 is 5.97 Å². The van der Waals surface area contributed by atoms with Gasteiger partial charge in [-0.1, -0.05) is 36.4 Å². The van der Waals surface area contributed by atoms with Gasteiger partial charge in [0, 0.05) is 0 Å². The van der Waals surface area contributed by atoms with Crippen LogP contribution in [0.4, 0.5) is 0 Å². The monoisotopic (exact) mass is 270 g/mol. The number of methoxy groups -OCH3 is 2. The van der Waals surface area contributed by atoms with Gasteiger partial charge in [-0.3, -0.25) is 0 Å². The topological polar surface area (TPSA) is 35.5 Å². The molecular formula is C17H18O3. The molecule has 3 nitrogen and oxygen atoms in total. The molecule has 0 amide bonds. The van der Waals surface area contributed by atoms with Gasteiger partial charge < -0.3 is 9.47 Å². The normalized spacial score (nSPS) is 10.1. The van der Waals surface area contributed by atoms with E-state index in [1.807, 2.05) is 30.3 Å². The Morgan fingerprint density at radius 1 is 0.950 bits per heavy atom. The third-order valence-corrected chi connectivity index (χ3v) is 3.22. The van der Waals surface area contributed by atoms with E-state index in [-0.39, 0.29) is 5.97 Å². The quantitative estimate of drug-likeness (QED) is 0.782. The van der Waals surface area contributed by atoms with Gasteiger partial charge in [0.15, 0.2) is 0 Å². The average molecular weight is 270 g/mol. The van der Waals surface area contributed by atoms with E-state index in [0.29, 0.717) is 11.3 Å². The number of hydrogen-bond donors (Lipinski definition) is 0. The molecular weight excluding hydrogens is 252 g/mol. The maximum Gasteiger partial charge on any atom is 0.341 e. The van der Waals surface area contributed by atoms with Crippen LogP contribution in [-0.2, 0) is 17.6 Å². The molecule has 0 unspecified atom stereocenters. The number of esters is 1.